The van der Waals surface area contributed by atoms with Gasteiger partial charge in [0.05, 0.1) is 17.8 Å². The van der Waals surface area contributed by atoms with Gasteiger partial charge in [-0.1, -0.05) is 18.2 Å². The molecule has 1 amide bonds. The van der Waals surface area contributed by atoms with Crippen LogP contribution in [0.4, 0.5) is 17.5 Å². The number of carbonyl (C=O) groups is 1. The lowest BCUT2D eigenvalue weighted by Crippen LogP contribution is -2.23. The van der Waals surface area contributed by atoms with E-state index in [1.165, 1.54) is 0 Å². The van der Waals surface area contributed by atoms with E-state index in [1.807, 2.05) is 48.5 Å². The van der Waals surface area contributed by atoms with Gasteiger partial charge in [0.15, 0.2) is 0 Å². The molecule has 2 aromatic heterocycles. The molecule has 8 heteroatoms. The van der Waals surface area contributed by atoms with Gasteiger partial charge in [-0.25, -0.2) is 4.98 Å². The van der Waals surface area contributed by atoms with Crippen LogP contribution in [0, 0.1) is 0 Å². The molecule has 2 heterocycles. The summed E-state index contributed by atoms with van der Waals surface area (Å²) in [5.41, 5.74) is 15.6. The molecule has 4 aromatic rings. The predicted octanol–water partition coefficient (Wildman–Crippen LogP) is 2.73. The molecule has 150 valence electrons. The summed E-state index contributed by atoms with van der Waals surface area (Å²) in [4.78, 5) is 24.7. The third-order valence-corrected chi connectivity index (χ3v) is 4.61. The Morgan fingerprint density at radius 1 is 0.933 bits per heavy atom. The number of aromatic nitrogens is 3. The highest BCUT2D eigenvalue weighted by Gasteiger charge is 2.07. The average molecular weight is 399 g/mol. The van der Waals surface area contributed by atoms with E-state index >= 15 is 0 Å². The Kier molecular flexibility index (Phi) is 5.38. The maximum absolute atomic E-state index is 12.3. The molecule has 0 bridgehead atoms. The number of anilines is 3. The van der Waals surface area contributed by atoms with Crippen LogP contribution in [0.2, 0.25) is 0 Å². The Hall–Kier alpha value is -4.20. The molecule has 0 atom stereocenters. The van der Waals surface area contributed by atoms with Gasteiger partial charge in [0.1, 0.15) is 5.82 Å². The maximum atomic E-state index is 12.3. The molecule has 0 spiro atoms. The first-order valence-corrected chi connectivity index (χ1v) is 9.42. The van der Waals surface area contributed by atoms with E-state index in [1.54, 1.807) is 18.3 Å². The summed E-state index contributed by atoms with van der Waals surface area (Å²) < 4.78 is 0. The first-order valence-electron chi connectivity index (χ1n) is 9.42. The van der Waals surface area contributed by atoms with E-state index in [-0.39, 0.29) is 11.9 Å². The monoisotopic (exact) mass is 399 g/mol. The van der Waals surface area contributed by atoms with Gasteiger partial charge in [0, 0.05) is 29.4 Å². The topological polar surface area (TPSA) is 132 Å². The zero-order valence-corrected chi connectivity index (χ0v) is 16.2. The van der Waals surface area contributed by atoms with Crippen molar-refractivity contribution in [1.82, 2.24) is 20.3 Å². The van der Waals surface area contributed by atoms with E-state index in [4.69, 9.17) is 11.5 Å². The summed E-state index contributed by atoms with van der Waals surface area (Å²) >= 11 is 0. The van der Waals surface area contributed by atoms with Crippen molar-refractivity contribution >= 4 is 34.3 Å². The molecule has 0 aliphatic carbocycles. The quantitative estimate of drug-likeness (QED) is 0.392. The molecular weight excluding hydrogens is 378 g/mol. The van der Waals surface area contributed by atoms with Crippen LogP contribution >= 0.6 is 0 Å². The van der Waals surface area contributed by atoms with Crippen LogP contribution in [0.15, 0.2) is 66.9 Å². The van der Waals surface area contributed by atoms with Crippen molar-refractivity contribution in [3.05, 3.63) is 83.7 Å². The lowest BCUT2D eigenvalue weighted by Gasteiger charge is -2.10. The van der Waals surface area contributed by atoms with Crippen LogP contribution in [-0.2, 0) is 13.1 Å². The van der Waals surface area contributed by atoms with Crippen LogP contribution in [0.1, 0.15) is 21.6 Å². The third-order valence-electron chi connectivity index (χ3n) is 4.61. The Bertz CT molecular complexity index is 1180. The smallest absolute Gasteiger partial charge is 0.251 e. The zero-order chi connectivity index (χ0) is 20.9. The Balaban J connectivity index is 1.36. The lowest BCUT2D eigenvalue weighted by atomic mass is 10.1. The van der Waals surface area contributed by atoms with Gasteiger partial charge in [-0.15, -0.1) is 0 Å². The normalized spacial score (nSPS) is 10.7. The second-order valence-electron chi connectivity index (χ2n) is 6.75. The lowest BCUT2D eigenvalue weighted by molar-refractivity contribution is 0.0950. The molecule has 30 heavy (non-hydrogen) atoms. The van der Waals surface area contributed by atoms with Crippen LogP contribution < -0.4 is 22.1 Å². The number of carbonyl (C=O) groups excluding carboxylic acids is 1. The van der Waals surface area contributed by atoms with Crippen molar-refractivity contribution in [3.63, 3.8) is 0 Å². The molecule has 4 rings (SSSR count). The van der Waals surface area contributed by atoms with Gasteiger partial charge in [-0.3, -0.25) is 9.78 Å². The van der Waals surface area contributed by atoms with Gasteiger partial charge in [-0.2, -0.15) is 4.98 Å². The van der Waals surface area contributed by atoms with Gasteiger partial charge < -0.3 is 22.1 Å². The minimum atomic E-state index is -0.135. The van der Waals surface area contributed by atoms with E-state index in [0.717, 1.165) is 22.3 Å². The number of nitrogens with two attached hydrogens (primary N) is 2. The Morgan fingerprint density at radius 3 is 2.53 bits per heavy atom. The summed E-state index contributed by atoms with van der Waals surface area (Å²) in [5.74, 6) is 0.372. The second-order valence-corrected chi connectivity index (χ2v) is 6.75. The zero-order valence-electron chi connectivity index (χ0n) is 16.2. The number of hydrogen-bond donors (Lipinski definition) is 4. The first kappa shape index (κ1) is 19.1. The second kappa shape index (κ2) is 8.44. The van der Waals surface area contributed by atoms with Crippen molar-refractivity contribution < 1.29 is 4.79 Å². The maximum Gasteiger partial charge on any atom is 0.251 e. The highest BCUT2D eigenvalue weighted by Crippen LogP contribution is 2.23. The van der Waals surface area contributed by atoms with Gasteiger partial charge in [0.25, 0.3) is 5.91 Å². The summed E-state index contributed by atoms with van der Waals surface area (Å²) in [7, 11) is 0. The summed E-state index contributed by atoms with van der Waals surface area (Å²) in [6.07, 6.45) is 1.70. The molecule has 8 nitrogen and oxygen atoms in total. The Morgan fingerprint density at radius 2 is 1.77 bits per heavy atom. The highest BCUT2D eigenvalue weighted by molar-refractivity contribution is 5.94. The van der Waals surface area contributed by atoms with Gasteiger partial charge in [-0.05, 0) is 48.0 Å². The number of amides is 1. The van der Waals surface area contributed by atoms with Crippen molar-refractivity contribution in [2.45, 2.75) is 13.1 Å². The summed E-state index contributed by atoms with van der Waals surface area (Å²) in [5, 5.41) is 6.95. The van der Waals surface area contributed by atoms with Crippen LogP contribution in [0.3, 0.4) is 0 Å². The summed E-state index contributed by atoms with van der Waals surface area (Å²) in [6.45, 7) is 0.987. The van der Waals surface area contributed by atoms with Gasteiger partial charge >= 0.3 is 0 Å². The molecule has 0 saturated heterocycles. The van der Waals surface area contributed by atoms with E-state index in [9.17, 15) is 4.79 Å². The van der Waals surface area contributed by atoms with Crippen molar-refractivity contribution in [2.75, 3.05) is 16.8 Å². The largest absolute Gasteiger partial charge is 0.383 e. The number of nitrogens with one attached hydrogen (secondary N) is 2. The SMILES string of the molecule is Nc1nc(N)c2cc(NCc3ccc(C(=O)NCc4ccccn4)cc3)ccc2n1. The van der Waals surface area contributed by atoms with Crippen molar-refractivity contribution in [2.24, 2.45) is 0 Å². The first-order chi connectivity index (χ1) is 14.6. The number of benzene rings is 2. The molecule has 0 saturated carbocycles. The number of fused-ring (bicyclic) bond motifs is 1. The predicted molar refractivity (Wildman–Crippen MR) is 118 cm³/mol. The standard InChI is InChI=1S/C22H21N7O/c23-20-18-11-16(8-9-19(18)28-22(24)29-20)26-12-14-4-6-15(7-5-14)21(30)27-13-17-3-1-2-10-25-17/h1-11,26H,12-13H2,(H,27,30)(H4,23,24,28,29). The minimum Gasteiger partial charge on any atom is -0.383 e. The van der Waals surface area contributed by atoms with Crippen LogP contribution in [0.5, 0.6) is 0 Å². The van der Waals surface area contributed by atoms with Crippen LogP contribution in [-0.4, -0.2) is 20.9 Å². The van der Waals surface area contributed by atoms with E-state index in [2.05, 4.69) is 25.6 Å². The fraction of sp³-hybridized carbons (Fsp3) is 0.0909. The third kappa shape index (κ3) is 4.44. The average Bonchev–Trinajstić information content (AvgIpc) is 2.77. The van der Waals surface area contributed by atoms with Crippen LogP contribution in [0.25, 0.3) is 10.9 Å². The number of nitrogens with zero attached hydrogens (tertiary/aromatic N) is 3. The molecule has 6 N–H and O–H groups in total. The Labute approximate surface area is 173 Å². The molecule has 0 unspecified atom stereocenters. The van der Waals surface area contributed by atoms with Gasteiger partial charge in [0.2, 0.25) is 5.95 Å². The molecule has 0 aliphatic heterocycles. The van der Waals surface area contributed by atoms with Crippen molar-refractivity contribution in [1.29, 1.82) is 0 Å². The summed E-state index contributed by atoms with van der Waals surface area (Å²) in [6, 6.07) is 18.7. The van der Waals surface area contributed by atoms with Crippen molar-refractivity contribution in [3.8, 4) is 0 Å². The molecule has 0 aliphatic rings. The number of hydrogen-bond acceptors (Lipinski definition) is 7. The number of pyridine rings is 1. The number of rotatable bonds is 6. The molecule has 2 aromatic carbocycles. The van der Waals surface area contributed by atoms with E-state index in [0.29, 0.717) is 30.0 Å². The molecule has 0 radical (unpaired) electrons. The fourth-order valence-electron chi connectivity index (χ4n) is 3.03. The fourth-order valence-corrected chi connectivity index (χ4v) is 3.03. The van der Waals surface area contributed by atoms with E-state index < -0.39 is 0 Å². The minimum absolute atomic E-state index is 0.135. The molecular formula is C22H21N7O. The number of nitrogen functional groups attached to an aromatic ring is 2. The molecule has 0 fully saturated rings. The highest BCUT2D eigenvalue weighted by atomic mass is 16.1.